The minimum Gasteiger partial charge on any atom is -0.309 e. The molecule has 0 bridgehead atoms. The van der Waals surface area contributed by atoms with Gasteiger partial charge in [0.1, 0.15) is 5.82 Å². The number of rotatable bonds is 4. The monoisotopic (exact) mass is 356 g/mol. The van der Waals surface area contributed by atoms with E-state index in [0.29, 0.717) is 12.0 Å². The van der Waals surface area contributed by atoms with Gasteiger partial charge in [0.25, 0.3) is 0 Å². The molecule has 2 atom stereocenters. The third kappa shape index (κ3) is 4.05. The lowest BCUT2D eigenvalue weighted by Gasteiger charge is -2.47. The summed E-state index contributed by atoms with van der Waals surface area (Å²) in [5.74, 6) is 0.405. The SMILES string of the molecule is CCC1(C)CN(Cc2ccc(F)cc2Br)C(C(C)C)CN1. The van der Waals surface area contributed by atoms with Gasteiger partial charge in [0, 0.05) is 35.7 Å². The van der Waals surface area contributed by atoms with E-state index in [2.05, 4.69) is 53.8 Å². The smallest absolute Gasteiger partial charge is 0.124 e. The van der Waals surface area contributed by atoms with Crippen molar-refractivity contribution >= 4 is 15.9 Å². The molecule has 0 amide bonds. The highest BCUT2D eigenvalue weighted by Gasteiger charge is 2.35. The maximum Gasteiger partial charge on any atom is 0.124 e. The molecule has 1 aromatic rings. The number of piperazine rings is 1. The zero-order chi connectivity index (χ0) is 15.6. The molecule has 0 spiro atoms. The van der Waals surface area contributed by atoms with Crippen molar-refractivity contribution in [2.75, 3.05) is 13.1 Å². The Hall–Kier alpha value is -0.450. The molecule has 1 fully saturated rings. The van der Waals surface area contributed by atoms with Gasteiger partial charge >= 0.3 is 0 Å². The third-order valence-electron chi connectivity index (χ3n) is 4.70. The van der Waals surface area contributed by atoms with E-state index in [1.165, 1.54) is 0 Å². The first-order chi connectivity index (χ1) is 9.84. The van der Waals surface area contributed by atoms with Crippen molar-refractivity contribution in [1.82, 2.24) is 10.2 Å². The number of halogens is 2. The van der Waals surface area contributed by atoms with Gasteiger partial charge in [0.05, 0.1) is 0 Å². The molecule has 2 unspecified atom stereocenters. The van der Waals surface area contributed by atoms with Gasteiger partial charge in [-0.2, -0.15) is 0 Å². The van der Waals surface area contributed by atoms with Crippen LogP contribution in [0.2, 0.25) is 0 Å². The molecule has 21 heavy (non-hydrogen) atoms. The molecule has 1 aliphatic rings. The molecule has 0 radical (unpaired) electrons. The van der Waals surface area contributed by atoms with Gasteiger partial charge in [-0.1, -0.05) is 42.8 Å². The first-order valence-corrected chi connectivity index (χ1v) is 8.57. The predicted octanol–water partition coefficient (Wildman–Crippen LogP) is 4.19. The maximum atomic E-state index is 13.3. The Balaban J connectivity index is 2.19. The summed E-state index contributed by atoms with van der Waals surface area (Å²) in [6.07, 6.45) is 1.11. The van der Waals surface area contributed by atoms with Crippen LogP contribution in [-0.4, -0.2) is 29.6 Å². The fourth-order valence-corrected chi connectivity index (χ4v) is 3.51. The Morgan fingerprint density at radius 2 is 2.19 bits per heavy atom. The molecule has 1 saturated heterocycles. The topological polar surface area (TPSA) is 15.3 Å². The van der Waals surface area contributed by atoms with Gasteiger partial charge in [-0.25, -0.2) is 4.39 Å². The van der Waals surface area contributed by atoms with Crippen LogP contribution in [0.25, 0.3) is 0 Å². The Labute approximate surface area is 136 Å². The van der Waals surface area contributed by atoms with Crippen LogP contribution in [0, 0.1) is 11.7 Å². The van der Waals surface area contributed by atoms with E-state index in [9.17, 15) is 4.39 Å². The third-order valence-corrected chi connectivity index (χ3v) is 5.44. The number of hydrogen-bond donors (Lipinski definition) is 1. The second kappa shape index (κ2) is 6.76. The lowest BCUT2D eigenvalue weighted by Crippen LogP contribution is -2.63. The predicted molar refractivity (Wildman–Crippen MR) is 89.8 cm³/mol. The lowest BCUT2D eigenvalue weighted by atomic mass is 9.89. The second-order valence-corrected chi connectivity index (χ2v) is 7.60. The van der Waals surface area contributed by atoms with Crippen LogP contribution >= 0.6 is 15.9 Å². The van der Waals surface area contributed by atoms with Crippen molar-refractivity contribution in [3.05, 3.63) is 34.1 Å². The van der Waals surface area contributed by atoms with Crippen LogP contribution in [0.15, 0.2) is 22.7 Å². The normalized spacial score (nSPS) is 27.3. The first-order valence-electron chi connectivity index (χ1n) is 7.77. The molecule has 0 aromatic heterocycles. The molecule has 0 saturated carbocycles. The van der Waals surface area contributed by atoms with Crippen molar-refractivity contribution in [1.29, 1.82) is 0 Å². The summed E-state index contributed by atoms with van der Waals surface area (Å²) < 4.78 is 14.1. The molecule has 4 heteroatoms. The standard InChI is InChI=1S/C17H26BrFN2/c1-5-17(4)11-21(16(9-20-17)12(2)3)10-13-6-7-14(19)8-15(13)18/h6-8,12,16,20H,5,9-11H2,1-4H3. The van der Waals surface area contributed by atoms with E-state index < -0.39 is 0 Å². The maximum absolute atomic E-state index is 13.3. The first kappa shape index (κ1) is 16.9. The average molecular weight is 357 g/mol. The second-order valence-electron chi connectivity index (χ2n) is 6.75. The van der Waals surface area contributed by atoms with E-state index in [1.54, 1.807) is 12.1 Å². The molecule has 2 rings (SSSR count). The summed E-state index contributed by atoms with van der Waals surface area (Å²) in [6.45, 7) is 12.0. The Kier molecular flexibility index (Phi) is 5.44. The number of nitrogens with one attached hydrogen (secondary N) is 1. The fourth-order valence-electron chi connectivity index (χ4n) is 3.04. The highest BCUT2D eigenvalue weighted by atomic mass is 79.9. The van der Waals surface area contributed by atoms with Crippen LogP contribution in [0.3, 0.4) is 0 Å². The molecule has 118 valence electrons. The highest BCUT2D eigenvalue weighted by molar-refractivity contribution is 9.10. The van der Waals surface area contributed by atoms with Crippen LogP contribution < -0.4 is 5.32 Å². The molecule has 2 nitrogen and oxygen atoms in total. The fraction of sp³-hybridized carbons (Fsp3) is 0.647. The van der Waals surface area contributed by atoms with Crippen LogP contribution in [-0.2, 0) is 6.54 Å². The number of nitrogens with zero attached hydrogens (tertiary/aromatic N) is 1. The molecular formula is C17H26BrFN2. The Morgan fingerprint density at radius 1 is 1.48 bits per heavy atom. The van der Waals surface area contributed by atoms with Crippen molar-refractivity contribution in [2.24, 2.45) is 5.92 Å². The zero-order valence-corrected chi connectivity index (χ0v) is 15.0. The van der Waals surface area contributed by atoms with Crippen LogP contribution in [0.5, 0.6) is 0 Å². The largest absolute Gasteiger partial charge is 0.309 e. The van der Waals surface area contributed by atoms with E-state index in [1.807, 2.05) is 6.07 Å². The molecule has 1 aromatic carbocycles. The van der Waals surface area contributed by atoms with Gasteiger partial charge in [-0.3, -0.25) is 4.90 Å². The Morgan fingerprint density at radius 3 is 2.76 bits per heavy atom. The van der Waals surface area contributed by atoms with Crippen LogP contribution in [0.4, 0.5) is 4.39 Å². The van der Waals surface area contributed by atoms with Crippen molar-refractivity contribution in [3.63, 3.8) is 0 Å². The molecule has 1 heterocycles. The van der Waals surface area contributed by atoms with Crippen molar-refractivity contribution in [3.8, 4) is 0 Å². The number of benzene rings is 1. The van der Waals surface area contributed by atoms with Crippen molar-refractivity contribution < 1.29 is 4.39 Å². The van der Waals surface area contributed by atoms with E-state index in [-0.39, 0.29) is 11.4 Å². The van der Waals surface area contributed by atoms with Gasteiger partial charge < -0.3 is 5.32 Å². The minimum absolute atomic E-state index is 0.165. The van der Waals surface area contributed by atoms with E-state index >= 15 is 0 Å². The summed E-state index contributed by atoms with van der Waals surface area (Å²) in [5, 5.41) is 3.70. The summed E-state index contributed by atoms with van der Waals surface area (Å²) >= 11 is 3.49. The summed E-state index contributed by atoms with van der Waals surface area (Å²) in [7, 11) is 0. The summed E-state index contributed by atoms with van der Waals surface area (Å²) in [6, 6.07) is 5.51. The van der Waals surface area contributed by atoms with Crippen LogP contribution in [0.1, 0.15) is 39.7 Å². The van der Waals surface area contributed by atoms with Crippen molar-refractivity contribution in [2.45, 2.75) is 52.2 Å². The number of hydrogen-bond acceptors (Lipinski definition) is 2. The lowest BCUT2D eigenvalue weighted by molar-refractivity contribution is 0.0537. The van der Waals surface area contributed by atoms with Gasteiger partial charge in [-0.05, 0) is 37.0 Å². The average Bonchev–Trinajstić information content (AvgIpc) is 2.42. The highest BCUT2D eigenvalue weighted by Crippen LogP contribution is 2.27. The van der Waals surface area contributed by atoms with E-state index in [4.69, 9.17) is 0 Å². The minimum atomic E-state index is -0.190. The molecule has 1 aliphatic heterocycles. The van der Waals surface area contributed by atoms with Gasteiger partial charge in [0.2, 0.25) is 0 Å². The summed E-state index contributed by atoms with van der Waals surface area (Å²) in [5.41, 5.74) is 1.32. The molecule has 0 aliphatic carbocycles. The van der Waals surface area contributed by atoms with Gasteiger partial charge in [0.15, 0.2) is 0 Å². The quantitative estimate of drug-likeness (QED) is 0.869. The Bertz CT molecular complexity index is 492. The molecule has 1 N–H and O–H groups in total. The van der Waals surface area contributed by atoms with Gasteiger partial charge in [-0.15, -0.1) is 0 Å². The zero-order valence-electron chi connectivity index (χ0n) is 13.4. The summed E-state index contributed by atoms with van der Waals surface area (Å²) in [4.78, 5) is 2.54. The van der Waals surface area contributed by atoms with E-state index in [0.717, 1.165) is 36.1 Å². The molecular weight excluding hydrogens is 331 g/mol.